The SMILES string of the molecule is O=c1[nH]c(N2CCC3(CC2)CN(Cc2ccc(Cl)nc2)c2cc(F)cc(F)c23)nc2c1CCCC2. The topological polar surface area (TPSA) is 65.1 Å². The molecule has 1 N–H and O–H groups in total. The number of rotatable bonds is 3. The molecule has 182 valence electrons. The number of hydrogen-bond acceptors (Lipinski definition) is 5. The number of aryl methyl sites for hydroxylation is 1. The van der Waals surface area contributed by atoms with Crippen LogP contribution in [0.25, 0.3) is 0 Å². The number of anilines is 2. The molecule has 0 radical (unpaired) electrons. The highest BCUT2D eigenvalue weighted by Gasteiger charge is 2.47. The lowest BCUT2D eigenvalue weighted by Crippen LogP contribution is -2.46. The number of hydrogen-bond donors (Lipinski definition) is 1. The molecule has 0 saturated carbocycles. The fourth-order valence-electron chi connectivity index (χ4n) is 6.02. The van der Waals surface area contributed by atoms with Crippen LogP contribution in [0.2, 0.25) is 5.15 Å². The zero-order valence-corrected chi connectivity index (χ0v) is 20.0. The van der Waals surface area contributed by atoms with Gasteiger partial charge in [0.1, 0.15) is 16.8 Å². The van der Waals surface area contributed by atoms with Crippen LogP contribution in [0.1, 0.15) is 48.1 Å². The van der Waals surface area contributed by atoms with Crippen molar-refractivity contribution in [3.8, 4) is 0 Å². The van der Waals surface area contributed by atoms with Crippen molar-refractivity contribution in [3.05, 3.63) is 80.0 Å². The second-order valence-corrected chi connectivity index (χ2v) is 10.3. The number of fused-ring (bicyclic) bond motifs is 3. The van der Waals surface area contributed by atoms with E-state index in [2.05, 4.69) is 14.9 Å². The molecule has 6 nitrogen and oxygen atoms in total. The maximum atomic E-state index is 15.2. The lowest BCUT2D eigenvalue weighted by Gasteiger charge is -2.40. The summed E-state index contributed by atoms with van der Waals surface area (Å²) in [5, 5.41) is 0.408. The number of H-pyrrole nitrogens is 1. The first-order chi connectivity index (χ1) is 16.9. The zero-order valence-electron chi connectivity index (χ0n) is 19.3. The summed E-state index contributed by atoms with van der Waals surface area (Å²) < 4.78 is 29.5. The van der Waals surface area contributed by atoms with Gasteiger partial charge in [-0.1, -0.05) is 17.7 Å². The largest absolute Gasteiger partial charge is 0.366 e. The summed E-state index contributed by atoms with van der Waals surface area (Å²) in [4.78, 5) is 28.7. The van der Waals surface area contributed by atoms with E-state index in [1.807, 2.05) is 11.0 Å². The van der Waals surface area contributed by atoms with Crippen LogP contribution >= 0.6 is 11.6 Å². The quantitative estimate of drug-likeness (QED) is 0.538. The lowest BCUT2D eigenvalue weighted by atomic mass is 9.74. The molecule has 0 atom stereocenters. The Morgan fingerprint density at radius 2 is 1.91 bits per heavy atom. The van der Waals surface area contributed by atoms with E-state index in [4.69, 9.17) is 16.6 Å². The molecule has 3 aliphatic rings. The standard InChI is InChI=1S/C26H26ClF2N5O/c27-22-6-5-16(13-30-22)14-34-15-26(23-19(29)11-17(28)12-21(23)34)7-9-33(10-8-26)25-31-20-4-2-1-3-18(20)24(35)32-25/h5-6,11-13H,1-4,7-10,14-15H2,(H,31,32,35). The number of aromatic nitrogens is 3. The van der Waals surface area contributed by atoms with Crippen LogP contribution < -0.4 is 15.4 Å². The second kappa shape index (κ2) is 8.59. The maximum Gasteiger partial charge on any atom is 0.255 e. The van der Waals surface area contributed by atoms with Crippen molar-refractivity contribution in [2.45, 2.75) is 50.5 Å². The highest BCUT2D eigenvalue weighted by Crippen LogP contribution is 2.49. The van der Waals surface area contributed by atoms with Gasteiger partial charge >= 0.3 is 0 Å². The third-order valence-corrected chi connectivity index (χ3v) is 7.98. The van der Waals surface area contributed by atoms with E-state index in [9.17, 15) is 9.18 Å². The first-order valence-corrected chi connectivity index (χ1v) is 12.5. The van der Waals surface area contributed by atoms with Crippen molar-refractivity contribution in [3.63, 3.8) is 0 Å². The molecule has 35 heavy (non-hydrogen) atoms. The molecule has 0 unspecified atom stereocenters. The molecule has 3 aromatic rings. The summed E-state index contributed by atoms with van der Waals surface area (Å²) >= 11 is 5.92. The van der Waals surface area contributed by atoms with Crippen molar-refractivity contribution in [1.29, 1.82) is 0 Å². The Kier molecular flexibility index (Phi) is 5.51. The molecular formula is C26H26ClF2N5O. The summed E-state index contributed by atoms with van der Waals surface area (Å²) in [6.45, 7) is 2.35. The number of pyridine rings is 1. The predicted molar refractivity (Wildman–Crippen MR) is 131 cm³/mol. The number of aromatic amines is 1. The highest BCUT2D eigenvalue weighted by molar-refractivity contribution is 6.29. The van der Waals surface area contributed by atoms with E-state index in [1.165, 1.54) is 6.07 Å². The van der Waals surface area contributed by atoms with Crippen molar-refractivity contribution < 1.29 is 8.78 Å². The average molecular weight is 498 g/mol. The third kappa shape index (κ3) is 3.97. The fraction of sp³-hybridized carbons (Fsp3) is 0.423. The molecule has 2 aliphatic heterocycles. The number of nitrogens with zero attached hydrogens (tertiary/aromatic N) is 4. The van der Waals surface area contributed by atoms with E-state index in [-0.39, 0.29) is 5.56 Å². The van der Waals surface area contributed by atoms with Crippen molar-refractivity contribution in [2.24, 2.45) is 0 Å². The molecule has 6 rings (SSSR count). The van der Waals surface area contributed by atoms with Crippen LogP contribution in [0, 0.1) is 11.6 Å². The zero-order chi connectivity index (χ0) is 24.2. The highest BCUT2D eigenvalue weighted by atomic mass is 35.5. The maximum absolute atomic E-state index is 15.2. The van der Waals surface area contributed by atoms with Gasteiger partial charge in [-0.05, 0) is 56.2 Å². The van der Waals surface area contributed by atoms with E-state index < -0.39 is 17.0 Å². The van der Waals surface area contributed by atoms with Gasteiger partial charge in [0.25, 0.3) is 5.56 Å². The van der Waals surface area contributed by atoms with Crippen molar-refractivity contribution >= 4 is 23.2 Å². The molecule has 2 aromatic heterocycles. The van der Waals surface area contributed by atoms with E-state index in [0.29, 0.717) is 61.4 Å². The minimum atomic E-state index is -0.578. The molecule has 1 spiro atoms. The van der Waals surface area contributed by atoms with E-state index in [0.717, 1.165) is 48.6 Å². The molecular weight excluding hydrogens is 472 g/mol. The van der Waals surface area contributed by atoms with Crippen molar-refractivity contribution in [1.82, 2.24) is 15.0 Å². The monoisotopic (exact) mass is 497 g/mol. The van der Waals surface area contributed by atoms with Gasteiger partial charge < -0.3 is 9.80 Å². The molecule has 1 fully saturated rings. The second-order valence-electron chi connectivity index (χ2n) is 9.92. The normalized spacial score (nSPS) is 18.6. The number of piperidine rings is 1. The summed E-state index contributed by atoms with van der Waals surface area (Å²) in [5.74, 6) is -0.469. The summed E-state index contributed by atoms with van der Waals surface area (Å²) in [6.07, 6.45) is 6.76. The lowest BCUT2D eigenvalue weighted by molar-refractivity contribution is 0.337. The van der Waals surface area contributed by atoms with Crippen LogP contribution in [0.15, 0.2) is 35.3 Å². The molecule has 0 bridgehead atoms. The van der Waals surface area contributed by atoms with Gasteiger partial charge in [0.2, 0.25) is 5.95 Å². The van der Waals surface area contributed by atoms with Gasteiger partial charge in [-0.25, -0.2) is 18.7 Å². The number of benzene rings is 1. The Morgan fingerprint density at radius 1 is 1.11 bits per heavy atom. The minimum absolute atomic E-state index is 0.0412. The Labute approximate surface area is 207 Å². The van der Waals surface area contributed by atoms with Crippen molar-refractivity contribution in [2.75, 3.05) is 29.4 Å². The van der Waals surface area contributed by atoms with Gasteiger partial charge in [-0.2, -0.15) is 0 Å². The Hall–Kier alpha value is -3.00. The van der Waals surface area contributed by atoms with E-state index in [1.54, 1.807) is 12.3 Å². The number of halogens is 3. The summed E-state index contributed by atoms with van der Waals surface area (Å²) in [7, 11) is 0. The van der Waals surface area contributed by atoms with Gasteiger partial charge in [-0.3, -0.25) is 9.78 Å². The third-order valence-electron chi connectivity index (χ3n) is 7.76. The first kappa shape index (κ1) is 22.5. The van der Waals surface area contributed by atoms with Crippen LogP contribution in [-0.2, 0) is 24.8 Å². The minimum Gasteiger partial charge on any atom is -0.366 e. The Morgan fingerprint density at radius 3 is 2.69 bits per heavy atom. The molecule has 0 amide bonds. The van der Waals surface area contributed by atoms with Gasteiger partial charge in [-0.15, -0.1) is 0 Å². The predicted octanol–water partition coefficient (Wildman–Crippen LogP) is 4.53. The Balaban J connectivity index is 1.28. The average Bonchev–Trinajstić information content (AvgIpc) is 3.13. The van der Waals surface area contributed by atoms with Gasteiger partial charge in [0.15, 0.2) is 0 Å². The van der Waals surface area contributed by atoms with Gasteiger partial charge in [0.05, 0.1) is 5.69 Å². The van der Waals surface area contributed by atoms with Crippen LogP contribution in [-0.4, -0.2) is 34.6 Å². The molecule has 9 heteroatoms. The first-order valence-electron chi connectivity index (χ1n) is 12.1. The van der Waals surface area contributed by atoms with Crippen LogP contribution in [0.4, 0.5) is 20.4 Å². The molecule has 4 heterocycles. The summed E-state index contributed by atoms with van der Waals surface area (Å²) in [5.41, 5.74) is 3.37. The van der Waals surface area contributed by atoms with Crippen LogP contribution in [0.3, 0.4) is 0 Å². The number of nitrogens with one attached hydrogen (secondary N) is 1. The Bertz CT molecular complexity index is 1330. The smallest absolute Gasteiger partial charge is 0.255 e. The van der Waals surface area contributed by atoms with Gasteiger partial charge in [0, 0.05) is 60.7 Å². The van der Waals surface area contributed by atoms with Crippen LogP contribution in [0.5, 0.6) is 0 Å². The molecule has 1 aliphatic carbocycles. The fourth-order valence-corrected chi connectivity index (χ4v) is 6.13. The van der Waals surface area contributed by atoms with E-state index >= 15 is 4.39 Å². The summed E-state index contributed by atoms with van der Waals surface area (Å²) in [6, 6.07) is 6.03. The molecule has 1 aromatic carbocycles. The molecule has 1 saturated heterocycles.